The maximum atomic E-state index is 10.5. The van der Waals surface area contributed by atoms with E-state index in [1.165, 1.54) is 62.6 Å². The van der Waals surface area contributed by atoms with Gasteiger partial charge >= 0.3 is 0 Å². The van der Waals surface area contributed by atoms with Crippen molar-refractivity contribution < 1.29 is 5.11 Å². The van der Waals surface area contributed by atoms with Crippen LogP contribution in [-0.2, 0) is 12.8 Å². The first-order valence-electron chi connectivity index (χ1n) is 8.78. The molecule has 2 nitrogen and oxygen atoms in total. The van der Waals surface area contributed by atoms with Crippen LogP contribution in [0, 0.1) is 0 Å². The highest BCUT2D eigenvalue weighted by atomic mass is 16.3. The first-order chi connectivity index (χ1) is 10.2. The number of fused-ring (bicyclic) bond motifs is 1. The van der Waals surface area contributed by atoms with Gasteiger partial charge < -0.3 is 10.0 Å². The Morgan fingerprint density at radius 2 is 1.95 bits per heavy atom. The van der Waals surface area contributed by atoms with E-state index in [9.17, 15) is 5.11 Å². The van der Waals surface area contributed by atoms with E-state index < -0.39 is 0 Å². The Kier molecular flexibility index (Phi) is 4.97. The minimum atomic E-state index is -0.300. The van der Waals surface area contributed by atoms with Crippen LogP contribution in [0.25, 0.3) is 0 Å². The molecule has 0 aromatic heterocycles. The number of likely N-dealkylation sites (tertiary alicyclic amines) is 1. The van der Waals surface area contributed by atoms with Crippen molar-refractivity contribution in [2.45, 2.75) is 70.4 Å². The average Bonchev–Trinajstić information content (AvgIpc) is 2.53. The predicted octanol–water partition coefficient (Wildman–Crippen LogP) is 3.86. The van der Waals surface area contributed by atoms with E-state index in [1.54, 1.807) is 0 Å². The first kappa shape index (κ1) is 15.1. The van der Waals surface area contributed by atoms with Crippen LogP contribution in [0.4, 0.5) is 0 Å². The third kappa shape index (κ3) is 3.67. The zero-order valence-electron chi connectivity index (χ0n) is 13.4. The standard InChI is InChI=1S/C19H29NO/c1-15-6-4-5-12-20(15)13-11-19(21)18-10-9-16-7-2-3-8-17(16)14-18/h9-10,14-15,19,21H,2-8,11-13H2,1H3. The molecule has 2 atom stereocenters. The number of aliphatic hydroxyl groups excluding tert-OH is 1. The van der Waals surface area contributed by atoms with Crippen LogP contribution < -0.4 is 0 Å². The monoisotopic (exact) mass is 287 g/mol. The molecule has 1 aromatic rings. The molecular weight excluding hydrogens is 258 g/mol. The normalized spacial score (nSPS) is 24.6. The second kappa shape index (κ2) is 6.93. The maximum Gasteiger partial charge on any atom is 0.0802 e. The SMILES string of the molecule is CC1CCCCN1CCC(O)c1ccc2c(c1)CCCC2. The summed E-state index contributed by atoms with van der Waals surface area (Å²) in [5, 5.41) is 10.5. The topological polar surface area (TPSA) is 23.5 Å². The van der Waals surface area contributed by atoms with Gasteiger partial charge in [-0.15, -0.1) is 0 Å². The van der Waals surface area contributed by atoms with Crippen LogP contribution in [0.3, 0.4) is 0 Å². The fraction of sp³-hybridized carbons (Fsp3) is 0.684. The number of piperidine rings is 1. The van der Waals surface area contributed by atoms with Crippen LogP contribution in [0.1, 0.15) is 68.2 Å². The molecule has 0 radical (unpaired) electrons. The molecule has 2 aliphatic rings. The molecule has 0 spiro atoms. The van der Waals surface area contributed by atoms with Gasteiger partial charge in [0.05, 0.1) is 6.10 Å². The van der Waals surface area contributed by atoms with Gasteiger partial charge in [0.15, 0.2) is 0 Å². The second-order valence-electron chi connectivity index (χ2n) is 6.92. The van der Waals surface area contributed by atoms with Gasteiger partial charge in [-0.25, -0.2) is 0 Å². The summed E-state index contributed by atoms with van der Waals surface area (Å²) in [6.07, 6.45) is 9.60. The highest BCUT2D eigenvalue weighted by Gasteiger charge is 2.20. The predicted molar refractivity (Wildman–Crippen MR) is 87.5 cm³/mol. The van der Waals surface area contributed by atoms with Gasteiger partial charge in [0.2, 0.25) is 0 Å². The number of hydrogen-bond donors (Lipinski definition) is 1. The highest BCUT2D eigenvalue weighted by Crippen LogP contribution is 2.26. The Bertz CT molecular complexity index is 471. The molecule has 0 amide bonds. The van der Waals surface area contributed by atoms with E-state index in [2.05, 4.69) is 30.0 Å². The molecule has 1 fully saturated rings. The highest BCUT2D eigenvalue weighted by molar-refractivity contribution is 5.34. The number of hydrogen-bond acceptors (Lipinski definition) is 2. The Balaban J connectivity index is 1.58. The van der Waals surface area contributed by atoms with Gasteiger partial charge in [-0.1, -0.05) is 24.6 Å². The van der Waals surface area contributed by atoms with E-state index in [0.29, 0.717) is 6.04 Å². The van der Waals surface area contributed by atoms with Gasteiger partial charge in [-0.05, 0) is 75.1 Å². The lowest BCUT2D eigenvalue weighted by Crippen LogP contribution is -2.38. The molecule has 2 heteroatoms. The second-order valence-corrected chi connectivity index (χ2v) is 6.92. The van der Waals surface area contributed by atoms with Crippen molar-refractivity contribution in [2.75, 3.05) is 13.1 Å². The summed E-state index contributed by atoms with van der Waals surface area (Å²) < 4.78 is 0. The molecule has 0 saturated carbocycles. The number of aliphatic hydroxyl groups is 1. The molecule has 1 heterocycles. The van der Waals surface area contributed by atoms with E-state index >= 15 is 0 Å². The van der Waals surface area contributed by atoms with Crippen LogP contribution in [0.2, 0.25) is 0 Å². The third-order valence-electron chi connectivity index (χ3n) is 5.39. The fourth-order valence-corrected chi connectivity index (χ4v) is 3.91. The molecule has 1 saturated heterocycles. The fourth-order valence-electron chi connectivity index (χ4n) is 3.91. The lowest BCUT2D eigenvalue weighted by Gasteiger charge is -2.33. The quantitative estimate of drug-likeness (QED) is 0.909. The van der Waals surface area contributed by atoms with Gasteiger partial charge in [0, 0.05) is 12.6 Å². The zero-order chi connectivity index (χ0) is 14.7. The van der Waals surface area contributed by atoms with Gasteiger partial charge in [-0.2, -0.15) is 0 Å². The first-order valence-corrected chi connectivity index (χ1v) is 8.78. The van der Waals surface area contributed by atoms with Crippen LogP contribution in [0.15, 0.2) is 18.2 Å². The molecule has 2 unspecified atom stereocenters. The van der Waals surface area contributed by atoms with Crippen LogP contribution >= 0.6 is 0 Å². The Labute approximate surface area is 129 Å². The van der Waals surface area contributed by atoms with Crippen molar-refractivity contribution in [2.24, 2.45) is 0 Å². The number of nitrogens with zero attached hydrogens (tertiary/aromatic N) is 1. The summed E-state index contributed by atoms with van der Waals surface area (Å²) in [6, 6.07) is 7.35. The van der Waals surface area contributed by atoms with Crippen LogP contribution in [0.5, 0.6) is 0 Å². The maximum absolute atomic E-state index is 10.5. The molecule has 0 bridgehead atoms. The van der Waals surface area contributed by atoms with Crippen LogP contribution in [-0.4, -0.2) is 29.1 Å². The van der Waals surface area contributed by atoms with Crippen molar-refractivity contribution >= 4 is 0 Å². The smallest absolute Gasteiger partial charge is 0.0802 e. The average molecular weight is 287 g/mol. The Hall–Kier alpha value is -0.860. The van der Waals surface area contributed by atoms with Gasteiger partial charge in [0.25, 0.3) is 0 Å². The molecule has 3 rings (SSSR count). The summed E-state index contributed by atoms with van der Waals surface area (Å²) in [6.45, 7) is 4.56. The summed E-state index contributed by atoms with van der Waals surface area (Å²) in [4.78, 5) is 2.55. The molecular formula is C19H29NO. The van der Waals surface area contributed by atoms with Crippen molar-refractivity contribution in [3.8, 4) is 0 Å². The van der Waals surface area contributed by atoms with Crippen molar-refractivity contribution in [3.63, 3.8) is 0 Å². The van der Waals surface area contributed by atoms with Gasteiger partial charge in [-0.3, -0.25) is 0 Å². The Morgan fingerprint density at radius 1 is 1.14 bits per heavy atom. The van der Waals surface area contributed by atoms with Crippen molar-refractivity contribution in [1.29, 1.82) is 0 Å². The lowest BCUT2D eigenvalue weighted by atomic mass is 9.89. The minimum absolute atomic E-state index is 0.300. The zero-order valence-corrected chi connectivity index (χ0v) is 13.4. The van der Waals surface area contributed by atoms with E-state index in [4.69, 9.17) is 0 Å². The third-order valence-corrected chi connectivity index (χ3v) is 5.39. The van der Waals surface area contributed by atoms with Crippen molar-refractivity contribution in [3.05, 3.63) is 34.9 Å². The van der Waals surface area contributed by atoms with E-state index in [-0.39, 0.29) is 6.10 Å². The molecule has 1 aliphatic heterocycles. The van der Waals surface area contributed by atoms with E-state index in [0.717, 1.165) is 18.5 Å². The number of benzene rings is 1. The summed E-state index contributed by atoms with van der Waals surface area (Å²) in [5.74, 6) is 0. The van der Waals surface area contributed by atoms with Crippen molar-refractivity contribution in [1.82, 2.24) is 4.90 Å². The van der Waals surface area contributed by atoms with Gasteiger partial charge in [0.1, 0.15) is 0 Å². The summed E-state index contributed by atoms with van der Waals surface area (Å²) in [5.41, 5.74) is 4.10. The lowest BCUT2D eigenvalue weighted by molar-refractivity contribution is 0.109. The minimum Gasteiger partial charge on any atom is -0.388 e. The number of rotatable bonds is 4. The summed E-state index contributed by atoms with van der Waals surface area (Å²) >= 11 is 0. The molecule has 116 valence electrons. The molecule has 21 heavy (non-hydrogen) atoms. The molecule has 1 N–H and O–H groups in total. The molecule has 1 aliphatic carbocycles. The number of aryl methyl sites for hydroxylation is 2. The Morgan fingerprint density at radius 3 is 2.76 bits per heavy atom. The van der Waals surface area contributed by atoms with E-state index in [1.807, 2.05) is 0 Å². The molecule has 1 aromatic carbocycles. The largest absolute Gasteiger partial charge is 0.388 e. The summed E-state index contributed by atoms with van der Waals surface area (Å²) in [7, 11) is 0.